The van der Waals surface area contributed by atoms with Crippen LogP contribution in [0.4, 0.5) is 0 Å². The monoisotopic (exact) mass is 186 g/mol. The summed E-state index contributed by atoms with van der Waals surface area (Å²) in [6.45, 7) is 0.267. The van der Waals surface area contributed by atoms with Gasteiger partial charge in [-0.2, -0.15) is 0 Å². The third-order valence-corrected chi connectivity index (χ3v) is 2.48. The number of hydrogen-bond donors (Lipinski definition) is 1. The molecule has 0 bridgehead atoms. The van der Waals surface area contributed by atoms with Crippen LogP contribution in [0.1, 0.15) is 12.0 Å². The molecule has 0 unspecified atom stereocenters. The normalized spacial score (nSPS) is 10.6. The maximum Gasteiger partial charge on any atom is 0.0434 e. The maximum atomic E-state index is 8.80. The quantitative estimate of drug-likeness (QED) is 0.781. The van der Waals surface area contributed by atoms with Crippen LogP contribution < -0.4 is 0 Å². The highest BCUT2D eigenvalue weighted by atomic mass is 16.2. The molecule has 0 spiro atoms. The van der Waals surface area contributed by atoms with Gasteiger partial charge in [0.2, 0.25) is 0 Å². The van der Waals surface area contributed by atoms with E-state index in [0.717, 1.165) is 12.8 Å². The van der Waals surface area contributed by atoms with Crippen LogP contribution in [0, 0.1) is 0 Å². The third kappa shape index (κ3) is 1.78. The highest BCUT2D eigenvalue weighted by molar-refractivity contribution is 5.85. The Kier molecular flexibility index (Phi) is 2.80. The van der Waals surface area contributed by atoms with E-state index in [2.05, 4.69) is 42.5 Å². The number of benzene rings is 2. The average Bonchev–Trinajstić information content (AvgIpc) is 2.26. The zero-order valence-electron chi connectivity index (χ0n) is 8.11. The summed E-state index contributed by atoms with van der Waals surface area (Å²) in [5.41, 5.74) is 1.33. The number of rotatable bonds is 3. The van der Waals surface area contributed by atoms with E-state index in [1.165, 1.54) is 16.3 Å². The minimum absolute atomic E-state index is 0.267. The second kappa shape index (κ2) is 4.25. The highest BCUT2D eigenvalue weighted by Crippen LogP contribution is 2.19. The average molecular weight is 186 g/mol. The van der Waals surface area contributed by atoms with Crippen molar-refractivity contribution in [3.63, 3.8) is 0 Å². The Morgan fingerprint density at radius 2 is 1.71 bits per heavy atom. The molecule has 1 nitrogen and oxygen atoms in total. The predicted octanol–water partition coefficient (Wildman–Crippen LogP) is 2.76. The van der Waals surface area contributed by atoms with Gasteiger partial charge in [-0.05, 0) is 29.2 Å². The minimum Gasteiger partial charge on any atom is -0.396 e. The fourth-order valence-corrected chi connectivity index (χ4v) is 1.78. The molecule has 14 heavy (non-hydrogen) atoms. The van der Waals surface area contributed by atoms with Crippen LogP contribution in [0.25, 0.3) is 10.8 Å². The number of aliphatic hydroxyl groups excluding tert-OH is 1. The Balaban J connectivity index is 2.43. The predicted molar refractivity (Wildman–Crippen MR) is 59.4 cm³/mol. The van der Waals surface area contributed by atoms with Crippen LogP contribution in [0.2, 0.25) is 0 Å². The lowest BCUT2D eigenvalue weighted by atomic mass is 10.0. The third-order valence-electron chi connectivity index (χ3n) is 2.48. The van der Waals surface area contributed by atoms with Crippen molar-refractivity contribution in [2.45, 2.75) is 12.8 Å². The second-order valence-corrected chi connectivity index (χ2v) is 3.47. The van der Waals surface area contributed by atoms with Crippen molar-refractivity contribution in [1.82, 2.24) is 0 Å². The van der Waals surface area contributed by atoms with Crippen molar-refractivity contribution < 1.29 is 5.11 Å². The van der Waals surface area contributed by atoms with Crippen molar-refractivity contribution >= 4 is 10.8 Å². The molecule has 0 heterocycles. The van der Waals surface area contributed by atoms with Crippen LogP contribution in [0.5, 0.6) is 0 Å². The smallest absolute Gasteiger partial charge is 0.0434 e. The molecule has 0 aliphatic carbocycles. The number of aliphatic hydroxyl groups is 1. The van der Waals surface area contributed by atoms with Crippen LogP contribution in [0.15, 0.2) is 42.5 Å². The van der Waals surface area contributed by atoms with E-state index in [1.54, 1.807) is 0 Å². The molecule has 1 N–H and O–H groups in total. The van der Waals surface area contributed by atoms with Crippen LogP contribution in [0.3, 0.4) is 0 Å². The van der Waals surface area contributed by atoms with E-state index in [0.29, 0.717) is 0 Å². The minimum atomic E-state index is 0.267. The SMILES string of the molecule is OCCCc1cccc2ccccc12. The first-order valence-electron chi connectivity index (χ1n) is 4.99. The maximum absolute atomic E-state index is 8.80. The Hall–Kier alpha value is -1.34. The summed E-state index contributed by atoms with van der Waals surface area (Å²) >= 11 is 0. The molecule has 2 aromatic carbocycles. The van der Waals surface area contributed by atoms with Crippen molar-refractivity contribution in [1.29, 1.82) is 0 Å². The molecule has 0 fully saturated rings. The number of aryl methyl sites for hydroxylation is 1. The molecule has 0 aromatic heterocycles. The lowest BCUT2D eigenvalue weighted by Crippen LogP contribution is -1.90. The molecule has 0 atom stereocenters. The van der Waals surface area contributed by atoms with Gasteiger partial charge in [0.05, 0.1) is 0 Å². The molecule has 0 saturated heterocycles. The van der Waals surface area contributed by atoms with Crippen LogP contribution in [-0.2, 0) is 6.42 Å². The summed E-state index contributed by atoms with van der Waals surface area (Å²) in [5.74, 6) is 0. The van der Waals surface area contributed by atoms with E-state index in [1.807, 2.05) is 0 Å². The molecule has 0 aliphatic rings. The van der Waals surface area contributed by atoms with Crippen molar-refractivity contribution in [3.8, 4) is 0 Å². The summed E-state index contributed by atoms with van der Waals surface area (Å²) < 4.78 is 0. The number of hydrogen-bond acceptors (Lipinski definition) is 1. The van der Waals surface area contributed by atoms with Gasteiger partial charge in [-0.15, -0.1) is 0 Å². The van der Waals surface area contributed by atoms with Gasteiger partial charge in [0.1, 0.15) is 0 Å². The molecule has 2 rings (SSSR count). The molecular formula is C13H14O. The summed E-state index contributed by atoms with van der Waals surface area (Å²) in [4.78, 5) is 0. The highest BCUT2D eigenvalue weighted by Gasteiger charge is 1.98. The van der Waals surface area contributed by atoms with E-state index in [9.17, 15) is 0 Å². The Labute approximate surface area is 84.0 Å². The fourth-order valence-electron chi connectivity index (χ4n) is 1.78. The molecule has 0 radical (unpaired) electrons. The van der Waals surface area contributed by atoms with Crippen LogP contribution in [-0.4, -0.2) is 11.7 Å². The lowest BCUT2D eigenvalue weighted by molar-refractivity contribution is 0.289. The fraction of sp³-hybridized carbons (Fsp3) is 0.231. The first kappa shape index (κ1) is 9.22. The molecule has 0 aliphatic heterocycles. The zero-order chi connectivity index (χ0) is 9.80. The molecule has 0 saturated carbocycles. The molecule has 0 amide bonds. The van der Waals surface area contributed by atoms with Gasteiger partial charge >= 0.3 is 0 Å². The molecule has 2 aromatic rings. The van der Waals surface area contributed by atoms with Gasteiger partial charge in [-0.3, -0.25) is 0 Å². The van der Waals surface area contributed by atoms with Gasteiger partial charge in [0.15, 0.2) is 0 Å². The Morgan fingerprint density at radius 3 is 2.57 bits per heavy atom. The van der Waals surface area contributed by atoms with E-state index in [-0.39, 0.29) is 6.61 Å². The van der Waals surface area contributed by atoms with Gasteiger partial charge < -0.3 is 5.11 Å². The Morgan fingerprint density at radius 1 is 0.929 bits per heavy atom. The topological polar surface area (TPSA) is 20.2 Å². The molecule has 72 valence electrons. The van der Waals surface area contributed by atoms with Gasteiger partial charge in [0, 0.05) is 6.61 Å². The Bertz CT molecular complexity index is 415. The first-order valence-corrected chi connectivity index (χ1v) is 4.99. The summed E-state index contributed by atoms with van der Waals surface area (Å²) in [6, 6.07) is 14.7. The summed E-state index contributed by atoms with van der Waals surface area (Å²) in [6.07, 6.45) is 1.80. The second-order valence-electron chi connectivity index (χ2n) is 3.47. The standard InChI is InChI=1S/C13H14O/c14-10-4-8-12-7-3-6-11-5-1-2-9-13(11)12/h1-3,5-7,9,14H,4,8,10H2. The van der Waals surface area contributed by atoms with E-state index in [4.69, 9.17) is 5.11 Å². The first-order chi connectivity index (χ1) is 6.92. The van der Waals surface area contributed by atoms with Crippen molar-refractivity contribution in [2.24, 2.45) is 0 Å². The van der Waals surface area contributed by atoms with Crippen molar-refractivity contribution in [3.05, 3.63) is 48.0 Å². The molecule has 1 heteroatoms. The molecular weight excluding hydrogens is 172 g/mol. The van der Waals surface area contributed by atoms with Gasteiger partial charge in [0.25, 0.3) is 0 Å². The largest absolute Gasteiger partial charge is 0.396 e. The zero-order valence-corrected chi connectivity index (χ0v) is 8.11. The van der Waals surface area contributed by atoms with Crippen LogP contribution >= 0.6 is 0 Å². The van der Waals surface area contributed by atoms with E-state index < -0.39 is 0 Å². The number of fused-ring (bicyclic) bond motifs is 1. The van der Waals surface area contributed by atoms with Gasteiger partial charge in [-0.1, -0.05) is 42.5 Å². The lowest BCUT2D eigenvalue weighted by Gasteiger charge is -2.04. The van der Waals surface area contributed by atoms with E-state index >= 15 is 0 Å². The summed E-state index contributed by atoms with van der Waals surface area (Å²) in [5, 5.41) is 11.4. The summed E-state index contributed by atoms with van der Waals surface area (Å²) in [7, 11) is 0. The van der Waals surface area contributed by atoms with Gasteiger partial charge in [-0.25, -0.2) is 0 Å². The van der Waals surface area contributed by atoms with Crippen molar-refractivity contribution in [2.75, 3.05) is 6.61 Å².